The van der Waals surface area contributed by atoms with Crippen molar-refractivity contribution >= 4 is 15.7 Å². The molecule has 0 aliphatic carbocycles. The standard InChI is InChI=1S/C17H25FN2O3S/c1-3-20(15-8-11-19(2)12-9-15)17(21)10-13-24(22,23)16-6-4-14(18)5-7-16/h4-7,15H,3,8-13H2,1-2H3. The molecule has 1 fully saturated rings. The molecule has 0 radical (unpaired) electrons. The summed E-state index contributed by atoms with van der Waals surface area (Å²) in [7, 11) is -1.52. The molecule has 1 aliphatic heterocycles. The maximum Gasteiger partial charge on any atom is 0.223 e. The fraction of sp³-hybridized carbons (Fsp3) is 0.588. The van der Waals surface area contributed by atoms with Crippen molar-refractivity contribution in [1.29, 1.82) is 0 Å². The van der Waals surface area contributed by atoms with Crippen LogP contribution in [0.1, 0.15) is 26.2 Å². The molecule has 0 bridgehead atoms. The Morgan fingerprint density at radius 1 is 1.25 bits per heavy atom. The van der Waals surface area contributed by atoms with Crippen molar-refractivity contribution in [2.45, 2.75) is 37.1 Å². The van der Waals surface area contributed by atoms with Crippen molar-refractivity contribution in [2.75, 3.05) is 32.4 Å². The third kappa shape index (κ3) is 4.77. The molecule has 24 heavy (non-hydrogen) atoms. The van der Waals surface area contributed by atoms with Crippen molar-refractivity contribution < 1.29 is 17.6 Å². The SMILES string of the molecule is CCN(C(=O)CCS(=O)(=O)c1ccc(F)cc1)C1CCN(C)CC1. The zero-order valence-electron chi connectivity index (χ0n) is 14.2. The minimum Gasteiger partial charge on any atom is -0.340 e. The van der Waals surface area contributed by atoms with Gasteiger partial charge in [0.1, 0.15) is 5.82 Å². The van der Waals surface area contributed by atoms with Gasteiger partial charge in [0.05, 0.1) is 10.6 Å². The van der Waals surface area contributed by atoms with Crippen LogP contribution in [0.3, 0.4) is 0 Å². The Bertz CT molecular complexity index is 653. The lowest BCUT2D eigenvalue weighted by Gasteiger charge is -2.36. The number of hydrogen-bond donors (Lipinski definition) is 0. The molecule has 1 heterocycles. The van der Waals surface area contributed by atoms with E-state index in [2.05, 4.69) is 11.9 Å². The highest BCUT2D eigenvalue weighted by Crippen LogP contribution is 2.18. The fourth-order valence-corrected chi connectivity index (χ4v) is 4.30. The van der Waals surface area contributed by atoms with Crippen LogP contribution in [0.25, 0.3) is 0 Å². The molecule has 1 aliphatic rings. The van der Waals surface area contributed by atoms with Crippen molar-refractivity contribution in [3.05, 3.63) is 30.1 Å². The highest BCUT2D eigenvalue weighted by atomic mass is 32.2. The van der Waals surface area contributed by atoms with Gasteiger partial charge in [0.2, 0.25) is 5.91 Å². The molecule has 0 unspecified atom stereocenters. The normalized spacial score (nSPS) is 17.0. The van der Waals surface area contributed by atoms with Crippen LogP contribution in [0.4, 0.5) is 4.39 Å². The van der Waals surface area contributed by atoms with Crippen molar-refractivity contribution in [1.82, 2.24) is 9.80 Å². The van der Waals surface area contributed by atoms with Gasteiger partial charge in [0.25, 0.3) is 0 Å². The van der Waals surface area contributed by atoms with Gasteiger partial charge in [-0.1, -0.05) is 0 Å². The van der Waals surface area contributed by atoms with Gasteiger partial charge < -0.3 is 9.80 Å². The summed E-state index contributed by atoms with van der Waals surface area (Å²) < 4.78 is 37.5. The number of piperidine rings is 1. The van der Waals surface area contributed by atoms with E-state index in [1.807, 2.05) is 6.92 Å². The van der Waals surface area contributed by atoms with Gasteiger partial charge in [0, 0.05) is 19.0 Å². The first-order chi connectivity index (χ1) is 11.3. The Balaban J connectivity index is 1.96. The van der Waals surface area contributed by atoms with Gasteiger partial charge in [-0.3, -0.25) is 4.79 Å². The van der Waals surface area contributed by atoms with Gasteiger partial charge in [0.15, 0.2) is 9.84 Å². The summed E-state index contributed by atoms with van der Waals surface area (Å²) in [6, 6.07) is 4.90. The number of hydrogen-bond acceptors (Lipinski definition) is 4. The number of halogens is 1. The second-order valence-corrected chi connectivity index (χ2v) is 8.35. The molecule has 0 saturated carbocycles. The van der Waals surface area contributed by atoms with Crippen LogP contribution in [0.15, 0.2) is 29.2 Å². The second-order valence-electron chi connectivity index (χ2n) is 6.24. The van der Waals surface area contributed by atoms with E-state index in [0.29, 0.717) is 6.54 Å². The molecule has 0 atom stereocenters. The lowest BCUT2D eigenvalue weighted by atomic mass is 10.0. The maximum atomic E-state index is 12.9. The summed E-state index contributed by atoms with van der Waals surface area (Å²) in [5.74, 6) is -0.858. The third-order valence-corrected chi connectivity index (χ3v) is 6.28. The molecule has 1 aromatic rings. The molecule has 134 valence electrons. The predicted octanol–water partition coefficient (Wildman–Crippen LogP) is 1.93. The highest BCUT2D eigenvalue weighted by molar-refractivity contribution is 7.91. The first-order valence-corrected chi connectivity index (χ1v) is 9.95. The highest BCUT2D eigenvalue weighted by Gasteiger charge is 2.27. The topological polar surface area (TPSA) is 57.7 Å². The first kappa shape index (κ1) is 18.9. The molecule has 5 nitrogen and oxygen atoms in total. The van der Waals surface area contributed by atoms with Crippen LogP contribution < -0.4 is 0 Å². The Morgan fingerprint density at radius 2 is 1.83 bits per heavy atom. The number of sulfone groups is 1. The first-order valence-electron chi connectivity index (χ1n) is 8.30. The zero-order valence-corrected chi connectivity index (χ0v) is 15.1. The predicted molar refractivity (Wildman–Crippen MR) is 91.0 cm³/mol. The van der Waals surface area contributed by atoms with Gasteiger partial charge in [-0.15, -0.1) is 0 Å². The van der Waals surface area contributed by atoms with Crippen molar-refractivity contribution in [3.63, 3.8) is 0 Å². The van der Waals surface area contributed by atoms with Gasteiger partial charge in [-0.05, 0) is 64.2 Å². The molecule has 0 aromatic heterocycles. The average molecular weight is 356 g/mol. The zero-order chi connectivity index (χ0) is 17.7. The van der Waals surface area contributed by atoms with Crippen LogP contribution in [0.5, 0.6) is 0 Å². The molecule has 1 saturated heterocycles. The summed E-state index contributed by atoms with van der Waals surface area (Å²) >= 11 is 0. The molecule has 1 amide bonds. The number of amides is 1. The summed E-state index contributed by atoms with van der Waals surface area (Å²) in [5, 5.41) is 0. The maximum absolute atomic E-state index is 12.9. The molecule has 0 spiro atoms. The lowest BCUT2D eigenvalue weighted by molar-refractivity contribution is -0.133. The van der Waals surface area contributed by atoms with E-state index in [1.54, 1.807) is 4.90 Å². The minimum atomic E-state index is -3.58. The summed E-state index contributed by atoms with van der Waals surface area (Å²) in [6.07, 6.45) is 1.79. The van der Waals surface area contributed by atoms with Gasteiger partial charge in [-0.2, -0.15) is 0 Å². The fourth-order valence-electron chi connectivity index (χ4n) is 3.07. The van der Waals surface area contributed by atoms with E-state index >= 15 is 0 Å². The molecular formula is C17H25FN2O3S. The van der Waals surface area contributed by atoms with Crippen molar-refractivity contribution in [3.8, 4) is 0 Å². The summed E-state index contributed by atoms with van der Waals surface area (Å²) in [4.78, 5) is 16.6. The van der Waals surface area contributed by atoms with Gasteiger partial charge in [-0.25, -0.2) is 12.8 Å². The number of carbonyl (C=O) groups excluding carboxylic acids is 1. The second kappa shape index (κ2) is 8.07. The third-order valence-electron chi connectivity index (χ3n) is 4.55. The van der Waals surface area contributed by atoms with Crippen LogP contribution >= 0.6 is 0 Å². The lowest BCUT2D eigenvalue weighted by Crippen LogP contribution is -2.46. The van der Waals surface area contributed by atoms with Crippen LogP contribution in [0.2, 0.25) is 0 Å². The largest absolute Gasteiger partial charge is 0.340 e. The van der Waals surface area contributed by atoms with Gasteiger partial charge >= 0.3 is 0 Å². The Morgan fingerprint density at radius 3 is 2.38 bits per heavy atom. The van der Waals surface area contributed by atoms with E-state index in [0.717, 1.165) is 38.1 Å². The number of rotatable bonds is 6. The van der Waals surface area contributed by atoms with Crippen molar-refractivity contribution in [2.24, 2.45) is 0 Å². The Labute approximate surface area is 143 Å². The van der Waals surface area contributed by atoms with E-state index in [9.17, 15) is 17.6 Å². The van der Waals surface area contributed by atoms with E-state index < -0.39 is 15.7 Å². The smallest absolute Gasteiger partial charge is 0.223 e. The average Bonchev–Trinajstić information content (AvgIpc) is 2.56. The van der Waals surface area contributed by atoms with Crippen LogP contribution in [-0.2, 0) is 14.6 Å². The van der Waals surface area contributed by atoms with E-state index in [4.69, 9.17) is 0 Å². The quantitative estimate of drug-likeness (QED) is 0.731. The van der Waals surface area contributed by atoms with Crippen LogP contribution in [0, 0.1) is 5.82 Å². The Kier molecular flexibility index (Phi) is 6.34. The molecule has 0 N–H and O–H groups in total. The van der Waals surface area contributed by atoms with Crippen LogP contribution in [-0.4, -0.2) is 62.6 Å². The molecule has 1 aromatic carbocycles. The number of carbonyl (C=O) groups is 1. The Hall–Kier alpha value is -1.47. The molecule has 7 heteroatoms. The summed E-state index contributed by atoms with van der Waals surface area (Å²) in [6.45, 7) is 4.40. The summed E-state index contributed by atoms with van der Waals surface area (Å²) in [5.41, 5.74) is 0. The number of likely N-dealkylation sites (tertiary alicyclic amines) is 1. The number of benzene rings is 1. The molecule has 2 rings (SSSR count). The van der Waals surface area contributed by atoms with E-state index in [-0.39, 0.29) is 29.0 Å². The molecular weight excluding hydrogens is 331 g/mol. The number of nitrogens with zero attached hydrogens (tertiary/aromatic N) is 2. The van der Waals surface area contributed by atoms with E-state index in [1.165, 1.54) is 12.1 Å². The minimum absolute atomic E-state index is 0.0418. The monoisotopic (exact) mass is 356 g/mol.